The Kier molecular flexibility index (Phi) is 5.64. The average molecular weight is 345 g/mol. The van der Waals surface area contributed by atoms with Crippen LogP contribution in [0.3, 0.4) is 0 Å². The molecule has 0 radical (unpaired) electrons. The molecule has 21 heavy (non-hydrogen) atoms. The zero-order valence-electron chi connectivity index (χ0n) is 13.5. The second-order valence-corrected chi connectivity index (χ2v) is 7.17. The standard InChI is InChI=1S/C20H25Br/c1-5-14(2)18-8-10-19(11-9-18)20(21)13-17-7-6-15(3)16(4)12-17/h6-12,14,20H,5,13H2,1-4H3. The molecule has 0 aliphatic rings. The highest BCUT2D eigenvalue weighted by atomic mass is 79.9. The first kappa shape index (κ1) is 16.3. The van der Waals surface area contributed by atoms with Crippen LogP contribution in [0.5, 0.6) is 0 Å². The van der Waals surface area contributed by atoms with E-state index in [1.807, 2.05) is 0 Å². The van der Waals surface area contributed by atoms with Gasteiger partial charge < -0.3 is 0 Å². The minimum Gasteiger partial charge on any atom is -0.0835 e. The third-order valence-electron chi connectivity index (χ3n) is 4.47. The average Bonchev–Trinajstić information content (AvgIpc) is 2.50. The molecule has 0 fully saturated rings. The van der Waals surface area contributed by atoms with Crippen molar-refractivity contribution in [1.82, 2.24) is 0 Å². The second-order valence-electron chi connectivity index (χ2n) is 6.07. The lowest BCUT2D eigenvalue weighted by Gasteiger charge is -2.14. The molecule has 0 aliphatic heterocycles. The zero-order valence-corrected chi connectivity index (χ0v) is 15.1. The normalized spacial score (nSPS) is 14.0. The van der Waals surface area contributed by atoms with E-state index in [-0.39, 0.29) is 0 Å². The Balaban J connectivity index is 2.09. The number of halogens is 1. The van der Waals surface area contributed by atoms with Gasteiger partial charge in [-0.15, -0.1) is 0 Å². The molecule has 0 heterocycles. The first-order valence-electron chi connectivity index (χ1n) is 7.81. The van der Waals surface area contributed by atoms with Gasteiger partial charge in [-0.05, 0) is 60.4 Å². The predicted octanol–water partition coefficient (Wildman–Crippen LogP) is 6.50. The Morgan fingerprint density at radius 3 is 2.10 bits per heavy atom. The number of hydrogen-bond acceptors (Lipinski definition) is 0. The maximum absolute atomic E-state index is 3.84. The SMILES string of the molecule is CCC(C)c1ccc(C(Br)Cc2ccc(C)c(C)c2)cc1. The molecule has 1 heteroatoms. The van der Waals surface area contributed by atoms with E-state index in [1.165, 1.54) is 34.2 Å². The van der Waals surface area contributed by atoms with Gasteiger partial charge in [0.15, 0.2) is 0 Å². The number of alkyl halides is 1. The van der Waals surface area contributed by atoms with Gasteiger partial charge in [0.25, 0.3) is 0 Å². The van der Waals surface area contributed by atoms with Gasteiger partial charge in [-0.2, -0.15) is 0 Å². The van der Waals surface area contributed by atoms with Gasteiger partial charge >= 0.3 is 0 Å². The van der Waals surface area contributed by atoms with Crippen molar-refractivity contribution in [3.63, 3.8) is 0 Å². The molecule has 0 amide bonds. The van der Waals surface area contributed by atoms with Gasteiger partial charge in [0.2, 0.25) is 0 Å². The molecule has 0 aromatic heterocycles. The highest BCUT2D eigenvalue weighted by Crippen LogP contribution is 2.29. The van der Waals surface area contributed by atoms with Crippen LogP contribution in [0.25, 0.3) is 0 Å². The van der Waals surface area contributed by atoms with Crippen LogP contribution in [-0.2, 0) is 6.42 Å². The van der Waals surface area contributed by atoms with E-state index in [0.717, 1.165) is 6.42 Å². The maximum atomic E-state index is 3.84. The molecule has 0 saturated carbocycles. The van der Waals surface area contributed by atoms with E-state index >= 15 is 0 Å². The van der Waals surface area contributed by atoms with Crippen molar-refractivity contribution >= 4 is 15.9 Å². The van der Waals surface area contributed by atoms with Crippen LogP contribution in [0.4, 0.5) is 0 Å². The summed E-state index contributed by atoms with van der Waals surface area (Å²) in [5, 5.41) is 0. The smallest absolute Gasteiger partial charge is 0.0435 e. The van der Waals surface area contributed by atoms with Gasteiger partial charge in [0, 0.05) is 4.83 Å². The highest BCUT2D eigenvalue weighted by Gasteiger charge is 2.10. The molecule has 0 aliphatic carbocycles. The molecule has 0 nitrogen and oxygen atoms in total. The van der Waals surface area contributed by atoms with Crippen LogP contribution in [0.15, 0.2) is 42.5 Å². The summed E-state index contributed by atoms with van der Waals surface area (Å²) in [6, 6.07) is 15.8. The molecule has 2 atom stereocenters. The minimum absolute atomic E-state index is 0.380. The number of rotatable bonds is 5. The third-order valence-corrected chi connectivity index (χ3v) is 5.32. The van der Waals surface area contributed by atoms with Crippen molar-refractivity contribution < 1.29 is 0 Å². The van der Waals surface area contributed by atoms with Crippen LogP contribution < -0.4 is 0 Å². The van der Waals surface area contributed by atoms with Crippen LogP contribution in [-0.4, -0.2) is 0 Å². The Hall–Kier alpha value is -1.08. The summed E-state index contributed by atoms with van der Waals surface area (Å²) in [5.41, 5.74) is 6.93. The lowest BCUT2D eigenvalue weighted by molar-refractivity contribution is 0.733. The van der Waals surface area contributed by atoms with Gasteiger partial charge in [0.1, 0.15) is 0 Å². The van der Waals surface area contributed by atoms with Crippen molar-refractivity contribution in [1.29, 1.82) is 0 Å². The fourth-order valence-electron chi connectivity index (χ4n) is 2.52. The molecule has 0 bridgehead atoms. The van der Waals surface area contributed by atoms with E-state index in [9.17, 15) is 0 Å². The molecule has 2 rings (SSSR count). The van der Waals surface area contributed by atoms with E-state index in [4.69, 9.17) is 0 Å². The number of hydrogen-bond donors (Lipinski definition) is 0. The minimum atomic E-state index is 0.380. The summed E-state index contributed by atoms with van der Waals surface area (Å²) in [7, 11) is 0. The third kappa shape index (κ3) is 4.20. The van der Waals surface area contributed by atoms with Crippen molar-refractivity contribution in [2.75, 3.05) is 0 Å². The van der Waals surface area contributed by atoms with E-state index < -0.39 is 0 Å². The Morgan fingerprint density at radius 2 is 1.52 bits per heavy atom. The lowest BCUT2D eigenvalue weighted by Crippen LogP contribution is -1.98. The summed E-state index contributed by atoms with van der Waals surface area (Å²) in [6.07, 6.45) is 2.23. The summed E-state index contributed by atoms with van der Waals surface area (Å²) in [4.78, 5) is 0.380. The van der Waals surface area contributed by atoms with Gasteiger partial charge in [0.05, 0.1) is 0 Å². The molecule has 0 saturated heterocycles. The van der Waals surface area contributed by atoms with Crippen LogP contribution in [0.1, 0.15) is 58.8 Å². The Morgan fingerprint density at radius 1 is 0.905 bits per heavy atom. The van der Waals surface area contributed by atoms with E-state index in [2.05, 4.69) is 86.1 Å². The van der Waals surface area contributed by atoms with E-state index in [0.29, 0.717) is 10.7 Å². The fourth-order valence-corrected chi connectivity index (χ4v) is 3.20. The molecule has 2 unspecified atom stereocenters. The first-order valence-corrected chi connectivity index (χ1v) is 8.73. The zero-order chi connectivity index (χ0) is 15.4. The number of aryl methyl sites for hydroxylation is 2. The largest absolute Gasteiger partial charge is 0.0835 e. The monoisotopic (exact) mass is 344 g/mol. The summed E-state index contributed by atoms with van der Waals surface area (Å²) in [6.45, 7) is 8.88. The van der Waals surface area contributed by atoms with Crippen LogP contribution in [0.2, 0.25) is 0 Å². The molecule has 0 spiro atoms. The maximum Gasteiger partial charge on any atom is 0.0435 e. The summed E-state index contributed by atoms with van der Waals surface area (Å²) in [5.74, 6) is 0.646. The molecule has 0 N–H and O–H groups in total. The van der Waals surface area contributed by atoms with Crippen molar-refractivity contribution in [3.05, 3.63) is 70.3 Å². The predicted molar refractivity (Wildman–Crippen MR) is 96.4 cm³/mol. The quantitative estimate of drug-likeness (QED) is 0.543. The molecule has 2 aromatic carbocycles. The Labute approximate surface area is 137 Å². The highest BCUT2D eigenvalue weighted by molar-refractivity contribution is 9.09. The van der Waals surface area contributed by atoms with Crippen LogP contribution in [0, 0.1) is 13.8 Å². The van der Waals surface area contributed by atoms with Crippen molar-refractivity contribution in [2.24, 2.45) is 0 Å². The first-order chi connectivity index (χ1) is 10.0. The van der Waals surface area contributed by atoms with Gasteiger partial charge in [-0.25, -0.2) is 0 Å². The molecular formula is C20H25Br. The number of benzene rings is 2. The summed E-state index contributed by atoms with van der Waals surface area (Å²) >= 11 is 3.84. The molecular weight excluding hydrogens is 320 g/mol. The molecule has 2 aromatic rings. The van der Waals surface area contributed by atoms with Crippen molar-refractivity contribution in [3.8, 4) is 0 Å². The second kappa shape index (κ2) is 7.26. The Bertz CT molecular complexity index is 583. The summed E-state index contributed by atoms with van der Waals surface area (Å²) < 4.78 is 0. The topological polar surface area (TPSA) is 0 Å². The van der Waals surface area contributed by atoms with Crippen molar-refractivity contribution in [2.45, 2.75) is 51.3 Å². The lowest BCUT2D eigenvalue weighted by atomic mass is 9.95. The fraction of sp³-hybridized carbons (Fsp3) is 0.400. The van der Waals surface area contributed by atoms with Gasteiger partial charge in [-0.1, -0.05) is 72.2 Å². The molecule has 112 valence electrons. The van der Waals surface area contributed by atoms with E-state index in [1.54, 1.807) is 0 Å². The van der Waals surface area contributed by atoms with Gasteiger partial charge in [-0.3, -0.25) is 0 Å². The van der Waals surface area contributed by atoms with Crippen LogP contribution >= 0.6 is 15.9 Å².